The molecular weight excluding hydrogens is 140 g/mol. The van der Waals surface area contributed by atoms with Crippen molar-refractivity contribution in [2.45, 2.75) is 26.8 Å². The molecule has 0 saturated heterocycles. The maximum Gasteiger partial charge on any atom is 0.161 e. The normalized spacial score (nSPS) is 9.55. The molecule has 0 unspecified atom stereocenters. The van der Waals surface area contributed by atoms with Gasteiger partial charge < -0.3 is 0 Å². The third kappa shape index (κ3) is 1.37. The highest BCUT2D eigenvalue weighted by molar-refractivity contribution is 5.23. The first-order valence-corrected chi connectivity index (χ1v) is 3.59. The number of aromatic nitrogens is 3. The SMILES string of the molecule is CCCn1nnc(C)c1C#N. The van der Waals surface area contributed by atoms with Crippen LogP contribution in [0, 0.1) is 18.3 Å². The van der Waals surface area contributed by atoms with Gasteiger partial charge in [-0.05, 0) is 13.3 Å². The summed E-state index contributed by atoms with van der Waals surface area (Å²) in [5.74, 6) is 0. The van der Waals surface area contributed by atoms with Gasteiger partial charge in [0.15, 0.2) is 5.69 Å². The fourth-order valence-corrected chi connectivity index (χ4v) is 0.907. The van der Waals surface area contributed by atoms with Crippen LogP contribution < -0.4 is 0 Å². The molecule has 1 heterocycles. The van der Waals surface area contributed by atoms with Crippen molar-refractivity contribution in [3.8, 4) is 6.07 Å². The summed E-state index contributed by atoms with van der Waals surface area (Å²) in [6.45, 7) is 4.60. The van der Waals surface area contributed by atoms with E-state index in [0.29, 0.717) is 11.4 Å². The first-order valence-electron chi connectivity index (χ1n) is 3.59. The molecule has 0 N–H and O–H groups in total. The lowest BCUT2D eigenvalue weighted by Crippen LogP contribution is -2.01. The summed E-state index contributed by atoms with van der Waals surface area (Å²) in [5, 5.41) is 16.3. The van der Waals surface area contributed by atoms with Gasteiger partial charge in [0.05, 0.1) is 5.69 Å². The molecule has 0 radical (unpaired) electrons. The monoisotopic (exact) mass is 150 g/mol. The summed E-state index contributed by atoms with van der Waals surface area (Å²) >= 11 is 0. The highest BCUT2D eigenvalue weighted by Crippen LogP contribution is 2.01. The molecule has 1 rings (SSSR count). The van der Waals surface area contributed by atoms with Crippen molar-refractivity contribution in [1.29, 1.82) is 5.26 Å². The van der Waals surface area contributed by atoms with Crippen LogP contribution in [-0.2, 0) is 6.54 Å². The zero-order valence-corrected chi connectivity index (χ0v) is 6.70. The standard InChI is InChI=1S/C7H10N4/c1-3-4-11-7(5-8)6(2)9-10-11/h3-4H2,1-2H3. The fraction of sp³-hybridized carbons (Fsp3) is 0.571. The van der Waals surface area contributed by atoms with E-state index in [0.717, 1.165) is 13.0 Å². The smallest absolute Gasteiger partial charge is 0.161 e. The molecule has 0 fully saturated rings. The Morgan fingerprint density at radius 2 is 2.36 bits per heavy atom. The fourth-order valence-electron chi connectivity index (χ4n) is 0.907. The van der Waals surface area contributed by atoms with Crippen molar-refractivity contribution < 1.29 is 0 Å². The Balaban J connectivity index is 2.98. The van der Waals surface area contributed by atoms with E-state index in [-0.39, 0.29) is 0 Å². The lowest BCUT2D eigenvalue weighted by Gasteiger charge is -1.95. The number of rotatable bonds is 2. The van der Waals surface area contributed by atoms with Gasteiger partial charge in [-0.15, -0.1) is 5.10 Å². The third-order valence-electron chi connectivity index (χ3n) is 1.44. The van der Waals surface area contributed by atoms with E-state index in [9.17, 15) is 0 Å². The van der Waals surface area contributed by atoms with Crippen molar-refractivity contribution in [2.24, 2.45) is 0 Å². The average Bonchev–Trinajstić information content (AvgIpc) is 2.33. The van der Waals surface area contributed by atoms with Gasteiger partial charge in [-0.2, -0.15) is 5.26 Å². The number of hydrogen-bond acceptors (Lipinski definition) is 3. The van der Waals surface area contributed by atoms with Gasteiger partial charge in [0, 0.05) is 6.54 Å². The van der Waals surface area contributed by atoms with Crippen LogP contribution in [0.4, 0.5) is 0 Å². The number of aryl methyl sites for hydroxylation is 2. The van der Waals surface area contributed by atoms with Crippen LogP contribution in [0.15, 0.2) is 0 Å². The molecule has 0 aromatic carbocycles. The summed E-state index contributed by atoms with van der Waals surface area (Å²) in [5.41, 5.74) is 1.29. The quantitative estimate of drug-likeness (QED) is 0.628. The second kappa shape index (κ2) is 3.15. The molecule has 0 aliphatic heterocycles. The minimum absolute atomic E-state index is 0.576. The Morgan fingerprint density at radius 3 is 2.91 bits per heavy atom. The van der Waals surface area contributed by atoms with E-state index in [4.69, 9.17) is 5.26 Å². The predicted molar refractivity (Wildman–Crippen MR) is 39.8 cm³/mol. The largest absolute Gasteiger partial charge is 0.234 e. The molecule has 1 aromatic rings. The number of nitriles is 1. The summed E-state index contributed by atoms with van der Waals surface area (Å²) in [4.78, 5) is 0. The molecule has 0 bridgehead atoms. The zero-order chi connectivity index (χ0) is 8.27. The number of nitrogens with zero attached hydrogens (tertiary/aromatic N) is 4. The second-order valence-corrected chi connectivity index (χ2v) is 2.36. The van der Waals surface area contributed by atoms with Gasteiger partial charge in [-0.25, -0.2) is 4.68 Å². The molecule has 0 spiro atoms. The molecule has 4 heteroatoms. The van der Waals surface area contributed by atoms with Gasteiger partial charge in [0.1, 0.15) is 6.07 Å². The Hall–Kier alpha value is -1.37. The van der Waals surface area contributed by atoms with Gasteiger partial charge in [0.25, 0.3) is 0 Å². The molecular formula is C7H10N4. The summed E-state index contributed by atoms with van der Waals surface area (Å²) in [6.07, 6.45) is 0.970. The van der Waals surface area contributed by atoms with Gasteiger partial charge in [-0.3, -0.25) is 0 Å². The Kier molecular flexibility index (Phi) is 2.21. The second-order valence-electron chi connectivity index (χ2n) is 2.36. The first kappa shape index (κ1) is 7.73. The molecule has 11 heavy (non-hydrogen) atoms. The van der Waals surface area contributed by atoms with Crippen molar-refractivity contribution in [2.75, 3.05) is 0 Å². The zero-order valence-electron chi connectivity index (χ0n) is 6.70. The summed E-state index contributed by atoms with van der Waals surface area (Å²) in [6, 6.07) is 2.07. The molecule has 0 aliphatic carbocycles. The van der Waals surface area contributed by atoms with E-state index in [1.54, 1.807) is 11.6 Å². The van der Waals surface area contributed by atoms with Crippen LogP contribution in [0.1, 0.15) is 24.7 Å². The minimum Gasteiger partial charge on any atom is -0.234 e. The van der Waals surface area contributed by atoms with Crippen LogP contribution in [0.25, 0.3) is 0 Å². The average molecular weight is 150 g/mol. The molecule has 58 valence electrons. The van der Waals surface area contributed by atoms with Crippen molar-refractivity contribution in [1.82, 2.24) is 15.0 Å². The minimum atomic E-state index is 0.576. The van der Waals surface area contributed by atoms with Crippen LogP contribution >= 0.6 is 0 Å². The van der Waals surface area contributed by atoms with Crippen LogP contribution in [-0.4, -0.2) is 15.0 Å². The van der Waals surface area contributed by atoms with Crippen molar-refractivity contribution >= 4 is 0 Å². The highest BCUT2D eigenvalue weighted by Gasteiger charge is 2.05. The molecule has 0 saturated carbocycles. The van der Waals surface area contributed by atoms with Crippen LogP contribution in [0.3, 0.4) is 0 Å². The third-order valence-corrected chi connectivity index (χ3v) is 1.44. The molecule has 0 atom stereocenters. The Morgan fingerprint density at radius 1 is 1.64 bits per heavy atom. The molecule has 4 nitrogen and oxygen atoms in total. The topological polar surface area (TPSA) is 54.5 Å². The molecule has 1 aromatic heterocycles. The Bertz CT molecular complexity index is 281. The van der Waals surface area contributed by atoms with Crippen molar-refractivity contribution in [3.05, 3.63) is 11.4 Å². The maximum absolute atomic E-state index is 8.66. The van der Waals surface area contributed by atoms with Gasteiger partial charge >= 0.3 is 0 Å². The Labute approximate surface area is 65.4 Å². The van der Waals surface area contributed by atoms with Gasteiger partial charge in [0.2, 0.25) is 0 Å². The van der Waals surface area contributed by atoms with Crippen molar-refractivity contribution in [3.63, 3.8) is 0 Å². The van der Waals surface area contributed by atoms with Gasteiger partial charge in [-0.1, -0.05) is 12.1 Å². The van der Waals surface area contributed by atoms with E-state index in [1.165, 1.54) is 0 Å². The lowest BCUT2D eigenvalue weighted by molar-refractivity contribution is 0.573. The summed E-state index contributed by atoms with van der Waals surface area (Å²) < 4.78 is 1.63. The maximum atomic E-state index is 8.66. The van der Waals surface area contributed by atoms with E-state index >= 15 is 0 Å². The summed E-state index contributed by atoms with van der Waals surface area (Å²) in [7, 11) is 0. The van der Waals surface area contributed by atoms with Crippen LogP contribution in [0.5, 0.6) is 0 Å². The lowest BCUT2D eigenvalue weighted by atomic mass is 10.3. The number of hydrogen-bond donors (Lipinski definition) is 0. The molecule has 0 aliphatic rings. The highest BCUT2D eigenvalue weighted by atomic mass is 15.4. The first-order chi connectivity index (χ1) is 5.29. The molecule has 0 amide bonds. The van der Waals surface area contributed by atoms with E-state index in [2.05, 4.69) is 16.4 Å². The van der Waals surface area contributed by atoms with E-state index in [1.807, 2.05) is 6.92 Å². The van der Waals surface area contributed by atoms with Crippen LogP contribution in [0.2, 0.25) is 0 Å². The van der Waals surface area contributed by atoms with E-state index < -0.39 is 0 Å². The predicted octanol–water partition coefficient (Wildman–Crippen LogP) is 0.868.